The van der Waals surface area contributed by atoms with Crippen molar-refractivity contribution in [2.45, 2.75) is 26.7 Å². The number of rotatable bonds is 2. The van der Waals surface area contributed by atoms with Crippen LogP contribution in [0.25, 0.3) is 0 Å². The maximum atomic E-state index is 12.9. The van der Waals surface area contributed by atoms with Crippen LogP contribution in [-0.4, -0.2) is 0 Å². The number of aryl methyl sites for hydroxylation is 2. The molecule has 1 rings (SSSR count). The lowest BCUT2D eigenvalue weighted by atomic mass is 10.1. The van der Waals surface area contributed by atoms with E-state index in [9.17, 15) is 4.39 Å². The fourth-order valence-electron chi connectivity index (χ4n) is 1.03. The highest BCUT2D eigenvalue weighted by molar-refractivity contribution is 5.23. The highest BCUT2D eigenvalue weighted by Crippen LogP contribution is 2.10. The highest BCUT2D eigenvalue weighted by atomic mass is 19.1. The lowest BCUT2D eigenvalue weighted by molar-refractivity contribution is 0.610. The maximum Gasteiger partial charge on any atom is 0.127 e. The van der Waals surface area contributed by atoms with Crippen LogP contribution in [0.3, 0.4) is 0 Å². The molecule has 0 fully saturated rings. The Labute approximate surface area is 67.1 Å². The van der Waals surface area contributed by atoms with Crippen molar-refractivity contribution in [3.05, 3.63) is 35.1 Å². The summed E-state index contributed by atoms with van der Waals surface area (Å²) in [6.07, 6.45) is 1.65. The fourth-order valence-corrected chi connectivity index (χ4v) is 1.03. The SMILES string of the molecule is CCc1[c]c(CC)c(F)cc1. The van der Waals surface area contributed by atoms with Gasteiger partial charge in [0.05, 0.1) is 0 Å². The highest BCUT2D eigenvalue weighted by Gasteiger charge is 1.99. The van der Waals surface area contributed by atoms with E-state index in [2.05, 4.69) is 6.07 Å². The molecular weight excluding hydrogens is 139 g/mol. The Morgan fingerprint density at radius 1 is 1.27 bits per heavy atom. The summed E-state index contributed by atoms with van der Waals surface area (Å²) in [6.45, 7) is 3.98. The summed E-state index contributed by atoms with van der Waals surface area (Å²) in [5, 5.41) is 0. The fraction of sp³-hybridized carbons (Fsp3) is 0.400. The monoisotopic (exact) mass is 151 g/mol. The molecule has 1 radical (unpaired) electrons. The zero-order valence-corrected chi connectivity index (χ0v) is 6.95. The molecule has 0 N–H and O–H groups in total. The zero-order chi connectivity index (χ0) is 8.27. The third-order valence-electron chi connectivity index (χ3n) is 1.77. The van der Waals surface area contributed by atoms with Gasteiger partial charge in [0.1, 0.15) is 5.82 Å². The van der Waals surface area contributed by atoms with Crippen LogP contribution >= 0.6 is 0 Å². The van der Waals surface area contributed by atoms with Gasteiger partial charge in [-0.05, 0) is 36.1 Å². The Kier molecular flexibility index (Phi) is 2.64. The van der Waals surface area contributed by atoms with Crippen molar-refractivity contribution in [2.75, 3.05) is 0 Å². The van der Waals surface area contributed by atoms with E-state index in [-0.39, 0.29) is 5.82 Å². The largest absolute Gasteiger partial charge is 0.207 e. The Morgan fingerprint density at radius 2 is 2.00 bits per heavy atom. The van der Waals surface area contributed by atoms with Gasteiger partial charge in [-0.1, -0.05) is 19.9 Å². The van der Waals surface area contributed by atoms with Crippen molar-refractivity contribution in [2.24, 2.45) is 0 Å². The zero-order valence-electron chi connectivity index (χ0n) is 6.95. The van der Waals surface area contributed by atoms with E-state index in [4.69, 9.17) is 0 Å². The summed E-state index contributed by atoms with van der Waals surface area (Å²) in [5.74, 6) is -0.135. The molecule has 0 aliphatic carbocycles. The second kappa shape index (κ2) is 3.51. The van der Waals surface area contributed by atoms with Gasteiger partial charge in [-0.15, -0.1) is 0 Å². The van der Waals surface area contributed by atoms with Crippen LogP contribution in [0.15, 0.2) is 12.1 Å². The van der Waals surface area contributed by atoms with E-state index in [0.717, 1.165) is 18.4 Å². The van der Waals surface area contributed by atoms with Gasteiger partial charge in [-0.25, -0.2) is 4.39 Å². The standard InChI is InChI=1S/C10H12F/c1-3-8-5-6-10(11)9(4-2)7-8/h5-6H,3-4H2,1-2H3. The van der Waals surface area contributed by atoms with E-state index < -0.39 is 0 Å². The minimum atomic E-state index is -0.135. The average Bonchev–Trinajstić information content (AvgIpc) is 2.05. The van der Waals surface area contributed by atoms with Crippen molar-refractivity contribution in [3.63, 3.8) is 0 Å². The van der Waals surface area contributed by atoms with Gasteiger partial charge in [0, 0.05) is 0 Å². The van der Waals surface area contributed by atoms with Crippen LogP contribution < -0.4 is 0 Å². The first-order valence-electron chi connectivity index (χ1n) is 3.97. The Hall–Kier alpha value is -0.850. The van der Waals surface area contributed by atoms with Crippen molar-refractivity contribution >= 4 is 0 Å². The predicted molar refractivity (Wildman–Crippen MR) is 44.0 cm³/mol. The van der Waals surface area contributed by atoms with Crippen LogP contribution in [-0.2, 0) is 12.8 Å². The molecule has 1 heteroatoms. The Bertz CT molecular complexity index is 241. The third-order valence-corrected chi connectivity index (χ3v) is 1.77. The van der Waals surface area contributed by atoms with Gasteiger partial charge >= 0.3 is 0 Å². The normalized spacial score (nSPS) is 10.1. The van der Waals surface area contributed by atoms with Gasteiger partial charge in [-0.2, -0.15) is 0 Å². The van der Waals surface area contributed by atoms with Crippen LogP contribution in [0, 0.1) is 11.9 Å². The van der Waals surface area contributed by atoms with E-state index in [1.54, 1.807) is 6.07 Å². The topological polar surface area (TPSA) is 0 Å². The summed E-state index contributed by atoms with van der Waals surface area (Å²) in [6, 6.07) is 6.35. The molecule has 0 heterocycles. The quantitative estimate of drug-likeness (QED) is 0.609. The molecule has 0 aliphatic rings. The molecule has 1 aromatic carbocycles. The van der Waals surface area contributed by atoms with Crippen LogP contribution in [0.2, 0.25) is 0 Å². The average molecular weight is 151 g/mol. The third kappa shape index (κ3) is 1.79. The summed E-state index contributed by atoms with van der Waals surface area (Å²) in [4.78, 5) is 0. The first-order valence-corrected chi connectivity index (χ1v) is 3.97. The van der Waals surface area contributed by atoms with Crippen LogP contribution in [0.5, 0.6) is 0 Å². The minimum Gasteiger partial charge on any atom is -0.207 e. The number of hydrogen-bond donors (Lipinski definition) is 0. The molecule has 0 spiro atoms. The lowest BCUT2D eigenvalue weighted by Crippen LogP contribution is -1.90. The van der Waals surface area contributed by atoms with E-state index >= 15 is 0 Å². The van der Waals surface area contributed by atoms with Crippen LogP contribution in [0.4, 0.5) is 4.39 Å². The molecule has 0 amide bonds. The van der Waals surface area contributed by atoms with Crippen molar-refractivity contribution in [1.29, 1.82) is 0 Å². The first-order chi connectivity index (χ1) is 5.27. The van der Waals surface area contributed by atoms with Gasteiger partial charge in [0.15, 0.2) is 0 Å². The molecule has 0 saturated heterocycles. The molecular formula is C10H12F. The van der Waals surface area contributed by atoms with Gasteiger partial charge < -0.3 is 0 Å². The van der Waals surface area contributed by atoms with Gasteiger partial charge in [-0.3, -0.25) is 0 Å². The maximum absolute atomic E-state index is 12.9. The molecule has 0 saturated carbocycles. The summed E-state index contributed by atoms with van der Waals surface area (Å²) >= 11 is 0. The van der Waals surface area contributed by atoms with E-state index in [1.807, 2.05) is 13.8 Å². The minimum absolute atomic E-state index is 0.135. The summed E-state index contributed by atoms with van der Waals surface area (Å²) in [7, 11) is 0. The van der Waals surface area contributed by atoms with E-state index in [0.29, 0.717) is 5.56 Å². The van der Waals surface area contributed by atoms with Gasteiger partial charge in [0.2, 0.25) is 0 Å². The molecule has 11 heavy (non-hydrogen) atoms. The predicted octanol–water partition coefficient (Wildman–Crippen LogP) is 2.75. The van der Waals surface area contributed by atoms with Crippen molar-refractivity contribution in [1.82, 2.24) is 0 Å². The Balaban J connectivity index is 3.02. The number of halogens is 1. The number of benzene rings is 1. The molecule has 0 aliphatic heterocycles. The smallest absolute Gasteiger partial charge is 0.127 e. The molecule has 0 aromatic heterocycles. The second-order valence-corrected chi connectivity index (χ2v) is 2.52. The summed E-state index contributed by atoms with van der Waals surface area (Å²) in [5.41, 5.74) is 1.78. The first kappa shape index (κ1) is 8.25. The lowest BCUT2D eigenvalue weighted by Gasteiger charge is -2.00. The molecule has 1 aromatic rings. The van der Waals surface area contributed by atoms with Crippen LogP contribution in [0.1, 0.15) is 25.0 Å². The summed E-state index contributed by atoms with van der Waals surface area (Å²) < 4.78 is 12.9. The molecule has 0 bridgehead atoms. The van der Waals surface area contributed by atoms with Gasteiger partial charge in [0.25, 0.3) is 0 Å². The Morgan fingerprint density at radius 3 is 2.55 bits per heavy atom. The molecule has 59 valence electrons. The molecule has 0 atom stereocenters. The van der Waals surface area contributed by atoms with Crippen molar-refractivity contribution in [3.8, 4) is 0 Å². The second-order valence-electron chi connectivity index (χ2n) is 2.52. The van der Waals surface area contributed by atoms with E-state index in [1.165, 1.54) is 6.07 Å². The molecule has 0 unspecified atom stereocenters. The van der Waals surface area contributed by atoms with Crippen molar-refractivity contribution < 1.29 is 4.39 Å². The molecule has 0 nitrogen and oxygen atoms in total. The number of hydrogen-bond acceptors (Lipinski definition) is 0.